The molecule has 2 unspecified atom stereocenters. The van der Waals surface area contributed by atoms with Crippen molar-refractivity contribution in [1.29, 1.82) is 0 Å². The fourth-order valence-electron chi connectivity index (χ4n) is 5.78. The van der Waals surface area contributed by atoms with Gasteiger partial charge in [0.25, 0.3) is 5.91 Å². The van der Waals surface area contributed by atoms with Crippen LogP contribution in [0.3, 0.4) is 0 Å². The predicted octanol–water partition coefficient (Wildman–Crippen LogP) is 2.81. The Kier molecular flexibility index (Phi) is 6.07. The van der Waals surface area contributed by atoms with E-state index in [1.54, 1.807) is 35.2 Å². The lowest BCUT2D eigenvalue weighted by atomic mass is 9.66. The molecule has 0 saturated carbocycles. The number of aliphatic hydroxyl groups excluding tert-OH is 1. The van der Waals surface area contributed by atoms with Crippen molar-refractivity contribution in [3.05, 3.63) is 41.9 Å². The summed E-state index contributed by atoms with van der Waals surface area (Å²) in [6.07, 6.45) is 3.18. The van der Waals surface area contributed by atoms with Gasteiger partial charge in [0, 0.05) is 35.2 Å². The van der Waals surface area contributed by atoms with E-state index in [4.69, 9.17) is 11.6 Å². The van der Waals surface area contributed by atoms with Crippen LogP contribution in [0.25, 0.3) is 0 Å². The molecule has 5 atom stereocenters. The zero-order valence-corrected chi connectivity index (χ0v) is 19.4. The summed E-state index contributed by atoms with van der Waals surface area (Å²) in [6, 6.07) is 6.07. The van der Waals surface area contributed by atoms with Crippen LogP contribution in [0.15, 0.2) is 36.9 Å². The van der Waals surface area contributed by atoms with Crippen LogP contribution in [0.4, 0.5) is 5.69 Å². The maximum absolute atomic E-state index is 14.1. The molecule has 7 nitrogen and oxygen atoms in total. The van der Waals surface area contributed by atoms with Crippen molar-refractivity contribution < 1.29 is 24.6 Å². The van der Waals surface area contributed by atoms with Gasteiger partial charge in [0.05, 0.1) is 16.6 Å². The number of amides is 2. The van der Waals surface area contributed by atoms with E-state index >= 15 is 0 Å². The quantitative estimate of drug-likeness (QED) is 0.557. The minimum atomic E-state index is -0.990. The fraction of sp³-hybridized carbons (Fsp3) is 0.522. The number of fused-ring (bicyclic) bond motifs is 1. The number of likely N-dealkylation sites (tertiary alicyclic amines) is 1. The van der Waals surface area contributed by atoms with Gasteiger partial charge in [-0.1, -0.05) is 17.7 Å². The molecular formula is C23H27ClN2O5S. The number of halogens is 1. The molecule has 0 aromatic heterocycles. The van der Waals surface area contributed by atoms with E-state index in [2.05, 4.69) is 6.58 Å². The van der Waals surface area contributed by atoms with E-state index in [1.165, 1.54) is 16.7 Å². The number of carboxylic acid groups (broad SMARTS) is 1. The fourth-order valence-corrected chi connectivity index (χ4v) is 8.25. The largest absolute Gasteiger partial charge is 0.481 e. The Morgan fingerprint density at radius 2 is 2.03 bits per heavy atom. The zero-order valence-electron chi connectivity index (χ0n) is 17.9. The molecule has 0 aliphatic carbocycles. The number of carboxylic acids is 1. The lowest BCUT2D eigenvalue weighted by Crippen LogP contribution is -2.55. The number of benzene rings is 1. The van der Waals surface area contributed by atoms with Gasteiger partial charge in [-0.2, -0.15) is 0 Å². The summed E-state index contributed by atoms with van der Waals surface area (Å²) < 4.78 is -1.38. The molecule has 172 valence electrons. The number of carbonyl (C=O) groups excluding carboxylic acids is 2. The smallest absolute Gasteiger partial charge is 0.308 e. The van der Waals surface area contributed by atoms with Crippen molar-refractivity contribution in [2.75, 3.05) is 24.6 Å². The molecule has 3 aliphatic heterocycles. The van der Waals surface area contributed by atoms with Gasteiger partial charge in [-0.05, 0) is 50.5 Å². The van der Waals surface area contributed by atoms with Crippen LogP contribution in [-0.2, 0) is 14.4 Å². The molecule has 3 saturated heterocycles. The lowest BCUT2D eigenvalue weighted by Gasteiger charge is -2.37. The molecule has 4 rings (SSSR count). The topological polar surface area (TPSA) is 98.2 Å². The van der Waals surface area contributed by atoms with Crippen LogP contribution in [0.5, 0.6) is 0 Å². The maximum atomic E-state index is 14.1. The summed E-state index contributed by atoms with van der Waals surface area (Å²) >= 11 is 7.52. The van der Waals surface area contributed by atoms with E-state index < -0.39 is 33.3 Å². The summed E-state index contributed by atoms with van der Waals surface area (Å²) in [7, 11) is 0. The van der Waals surface area contributed by atoms with Gasteiger partial charge in [0.15, 0.2) is 0 Å². The van der Waals surface area contributed by atoms with Gasteiger partial charge in [0.2, 0.25) is 5.91 Å². The highest BCUT2D eigenvalue weighted by molar-refractivity contribution is 8.02. The number of hydrogen-bond acceptors (Lipinski definition) is 5. The Labute approximate surface area is 196 Å². The molecule has 0 radical (unpaired) electrons. The van der Waals surface area contributed by atoms with Crippen LogP contribution in [0.2, 0.25) is 5.02 Å². The minimum absolute atomic E-state index is 0.122. The molecular weight excluding hydrogens is 452 g/mol. The maximum Gasteiger partial charge on any atom is 0.308 e. The highest BCUT2D eigenvalue weighted by atomic mass is 35.5. The highest BCUT2D eigenvalue weighted by Crippen LogP contribution is 2.71. The Hall–Kier alpha value is -2.03. The number of carbonyl (C=O) groups is 3. The lowest BCUT2D eigenvalue weighted by molar-refractivity contribution is -0.150. The number of thioether (sulfide) groups is 1. The Morgan fingerprint density at radius 1 is 1.34 bits per heavy atom. The molecule has 32 heavy (non-hydrogen) atoms. The average molecular weight is 479 g/mol. The summed E-state index contributed by atoms with van der Waals surface area (Å²) in [5.41, 5.74) is 0.632. The molecule has 3 aliphatic rings. The molecule has 1 aromatic rings. The number of anilines is 1. The van der Waals surface area contributed by atoms with Gasteiger partial charge in [0.1, 0.15) is 6.04 Å². The molecule has 2 amide bonds. The first-order valence-corrected chi connectivity index (χ1v) is 11.9. The number of hydrogen-bond donors (Lipinski definition) is 2. The predicted molar refractivity (Wildman–Crippen MR) is 124 cm³/mol. The van der Waals surface area contributed by atoms with Gasteiger partial charge in [-0.3, -0.25) is 14.4 Å². The van der Waals surface area contributed by atoms with Crippen molar-refractivity contribution in [2.24, 2.45) is 11.8 Å². The summed E-state index contributed by atoms with van der Waals surface area (Å²) in [4.78, 5) is 43.0. The molecule has 9 heteroatoms. The summed E-state index contributed by atoms with van der Waals surface area (Å²) in [6.45, 7) is 6.00. The van der Waals surface area contributed by atoms with Crippen molar-refractivity contribution in [3.8, 4) is 0 Å². The SMILES string of the molecule is C=CCN(C(=O)C1N(CCCO)C(=O)[C@@H]2[C@@H](C(=O)O)[C@@]3(C)CCC12S3)c1ccc(Cl)cc1. The summed E-state index contributed by atoms with van der Waals surface area (Å²) in [5, 5.41) is 19.9. The van der Waals surface area contributed by atoms with Gasteiger partial charge in [-0.15, -0.1) is 18.3 Å². The molecule has 2 bridgehead atoms. The molecule has 2 N–H and O–H groups in total. The van der Waals surface area contributed by atoms with Gasteiger partial charge < -0.3 is 20.0 Å². The second kappa shape index (κ2) is 8.39. The number of rotatable bonds is 8. The first kappa shape index (κ1) is 23.1. The Morgan fingerprint density at radius 3 is 2.62 bits per heavy atom. The van der Waals surface area contributed by atoms with E-state index in [9.17, 15) is 24.6 Å². The van der Waals surface area contributed by atoms with Gasteiger partial charge >= 0.3 is 5.97 Å². The average Bonchev–Trinajstić information content (AvgIpc) is 3.31. The molecule has 3 heterocycles. The van der Waals surface area contributed by atoms with Crippen molar-refractivity contribution in [2.45, 2.75) is 41.7 Å². The number of nitrogens with zero attached hydrogens (tertiary/aromatic N) is 2. The minimum Gasteiger partial charge on any atom is -0.481 e. The highest BCUT2D eigenvalue weighted by Gasteiger charge is 2.77. The third kappa shape index (κ3) is 3.35. The normalized spacial score (nSPS) is 32.8. The van der Waals surface area contributed by atoms with Crippen LogP contribution in [0, 0.1) is 11.8 Å². The van der Waals surface area contributed by atoms with Crippen molar-refractivity contribution in [3.63, 3.8) is 0 Å². The molecule has 3 fully saturated rings. The first-order valence-electron chi connectivity index (χ1n) is 10.7. The van der Waals surface area contributed by atoms with E-state index in [0.29, 0.717) is 30.0 Å². The standard InChI is InChI=1S/C23H27ClN2O5S/c1-3-11-25(15-7-5-14(24)6-8-15)20(29)18-23-10-9-22(2,32-23)17(21(30)31)16(23)19(28)26(18)12-4-13-27/h3,5-8,16-18,27H,1,4,9-13H2,2H3,(H,30,31)/t16-,17-,18?,22+,23?/m0/s1. The van der Waals surface area contributed by atoms with Crippen LogP contribution in [0.1, 0.15) is 26.2 Å². The Balaban J connectivity index is 1.79. The van der Waals surface area contributed by atoms with Crippen molar-refractivity contribution in [1.82, 2.24) is 4.90 Å². The second-order valence-electron chi connectivity index (χ2n) is 8.89. The number of aliphatic hydroxyl groups is 1. The molecule has 1 aromatic carbocycles. The van der Waals surface area contributed by atoms with Crippen LogP contribution in [-0.4, -0.2) is 68.1 Å². The second-order valence-corrected chi connectivity index (χ2v) is 11.2. The van der Waals surface area contributed by atoms with E-state index in [-0.39, 0.29) is 31.5 Å². The zero-order chi connectivity index (χ0) is 23.3. The number of aliphatic carboxylic acids is 1. The first-order chi connectivity index (χ1) is 15.2. The van der Waals surface area contributed by atoms with E-state index in [0.717, 1.165) is 0 Å². The summed E-state index contributed by atoms with van der Waals surface area (Å²) in [5.74, 6) is -3.15. The van der Waals surface area contributed by atoms with Crippen LogP contribution < -0.4 is 4.90 Å². The Bertz CT molecular complexity index is 956. The third-order valence-corrected chi connectivity index (χ3v) is 9.29. The van der Waals surface area contributed by atoms with Crippen molar-refractivity contribution >= 4 is 46.8 Å². The van der Waals surface area contributed by atoms with Gasteiger partial charge in [-0.25, -0.2) is 0 Å². The monoisotopic (exact) mass is 478 g/mol. The molecule has 1 spiro atoms. The van der Waals surface area contributed by atoms with Crippen LogP contribution >= 0.6 is 23.4 Å². The van der Waals surface area contributed by atoms with E-state index in [1.807, 2.05) is 6.92 Å². The third-order valence-electron chi connectivity index (χ3n) is 7.05.